The van der Waals surface area contributed by atoms with Crippen molar-refractivity contribution in [2.45, 2.75) is 13.0 Å². The lowest BCUT2D eigenvalue weighted by Gasteiger charge is -2.32. The van der Waals surface area contributed by atoms with Gasteiger partial charge in [0.05, 0.1) is 12.7 Å². The molecule has 1 fully saturated rings. The first-order chi connectivity index (χ1) is 6.09. The molecule has 1 amide bonds. The molecule has 76 valence electrons. The molecule has 4 nitrogen and oxygen atoms in total. The minimum absolute atomic E-state index is 0.0943. The highest BCUT2D eigenvalue weighted by Crippen LogP contribution is 2.04. The highest BCUT2D eigenvalue weighted by Gasteiger charge is 2.19. The number of hydrogen-bond donors (Lipinski definition) is 0. The number of amides is 1. The minimum atomic E-state index is 0.0943. The molecule has 0 aromatic carbocycles. The number of likely N-dealkylation sites (N-methyl/N-ethyl adjacent to an activating group) is 2. The lowest BCUT2D eigenvalue weighted by molar-refractivity contribution is -0.130. The van der Waals surface area contributed by atoms with E-state index in [1.165, 1.54) is 0 Å². The maximum atomic E-state index is 11.0. The average molecular weight is 186 g/mol. The van der Waals surface area contributed by atoms with Gasteiger partial charge in [-0.15, -0.1) is 0 Å². The van der Waals surface area contributed by atoms with E-state index in [4.69, 9.17) is 4.74 Å². The van der Waals surface area contributed by atoms with Gasteiger partial charge >= 0.3 is 0 Å². The van der Waals surface area contributed by atoms with E-state index < -0.39 is 0 Å². The van der Waals surface area contributed by atoms with Gasteiger partial charge in [0.15, 0.2) is 0 Å². The molecule has 13 heavy (non-hydrogen) atoms. The Morgan fingerprint density at radius 2 is 2.38 bits per heavy atom. The summed E-state index contributed by atoms with van der Waals surface area (Å²) in [7, 11) is 3.88. The quantitative estimate of drug-likeness (QED) is 0.598. The summed E-state index contributed by atoms with van der Waals surface area (Å²) in [5, 5.41) is 0. The minimum Gasteiger partial charge on any atom is -0.374 e. The molecule has 0 spiro atoms. The fraction of sp³-hybridized carbons (Fsp3) is 0.889. The van der Waals surface area contributed by atoms with E-state index >= 15 is 0 Å². The van der Waals surface area contributed by atoms with Crippen molar-refractivity contribution in [1.29, 1.82) is 0 Å². The van der Waals surface area contributed by atoms with Crippen LogP contribution in [0.25, 0.3) is 0 Å². The monoisotopic (exact) mass is 186 g/mol. The van der Waals surface area contributed by atoms with Crippen LogP contribution in [0.3, 0.4) is 0 Å². The van der Waals surface area contributed by atoms with E-state index in [9.17, 15) is 4.79 Å². The molecule has 1 saturated heterocycles. The van der Waals surface area contributed by atoms with Crippen LogP contribution in [-0.4, -0.2) is 62.1 Å². The molecule has 0 saturated carbocycles. The number of hydrogen-bond acceptors (Lipinski definition) is 3. The summed E-state index contributed by atoms with van der Waals surface area (Å²) in [4.78, 5) is 14.9. The molecule has 1 aliphatic heterocycles. The fourth-order valence-electron chi connectivity index (χ4n) is 1.41. The molecule has 1 unspecified atom stereocenters. The van der Waals surface area contributed by atoms with Gasteiger partial charge in [0.25, 0.3) is 0 Å². The van der Waals surface area contributed by atoms with Crippen LogP contribution in [-0.2, 0) is 9.53 Å². The van der Waals surface area contributed by atoms with Crippen molar-refractivity contribution in [3.8, 4) is 0 Å². The number of morpholine rings is 1. The van der Waals surface area contributed by atoms with Gasteiger partial charge in [-0.05, 0) is 7.05 Å². The Morgan fingerprint density at radius 1 is 1.69 bits per heavy atom. The third-order valence-electron chi connectivity index (χ3n) is 2.36. The van der Waals surface area contributed by atoms with Gasteiger partial charge in [-0.3, -0.25) is 4.79 Å². The van der Waals surface area contributed by atoms with Gasteiger partial charge in [-0.1, -0.05) is 0 Å². The molecule has 0 radical (unpaired) electrons. The summed E-state index contributed by atoms with van der Waals surface area (Å²) in [5.41, 5.74) is 0. The molecule has 0 bridgehead atoms. The standard InChI is InChI=1S/C9H18N2O2/c1-8(12)11(3)7-9-6-10(2)4-5-13-9/h9H,4-7H2,1-3H3. The third-order valence-corrected chi connectivity index (χ3v) is 2.36. The van der Waals surface area contributed by atoms with Crippen molar-refractivity contribution in [2.24, 2.45) is 0 Å². The maximum absolute atomic E-state index is 11.0. The zero-order valence-corrected chi connectivity index (χ0v) is 8.62. The van der Waals surface area contributed by atoms with Gasteiger partial charge in [0, 0.05) is 33.6 Å². The van der Waals surface area contributed by atoms with Gasteiger partial charge in [-0.2, -0.15) is 0 Å². The second-order valence-electron chi connectivity index (χ2n) is 3.65. The molecule has 1 aliphatic rings. The van der Waals surface area contributed by atoms with Crippen molar-refractivity contribution in [2.75, 3.05) is 40.3 Å². The van der Waals surface area contributed by atoms with E-state index in [1.807, 2.05) is 0 Å². The van der Waals surface area contributed by atoms with Crippen LogP contribution >= 0.6 is 0 Å². The summed E-state index contributed by atoms with van der Waals surface area (Å²) in [5.74, 6) is 0.0943. The van der Waals surface area contributed by atoms with Crippen LogP contribution in [0.1, 0.15) is 6.92 Å². The van der Waals surface area contributed by atoms with Crippen molar-refractivity contribution in [3.63, 3.8) is 0 Å². The molecular formula is C9H18N2O2. The zero-order valence-electron chi connectivity index (χ0n) is 8.62. The molecule has 1 atom stereocenters. The Bertz CT molecular complexity index is 184. The molecule has 0 aliphatic carbocycles. The maximum Gasteiger partial charge on any atom is 0.219 e. The predicted octanol–water partition coefficient (Wildman–Crippen LogP) is -0.205. The lowest BCUT2D eigenvalue weighted by atomic mass is 10.2. The molecular weight excluding hydrogens is 168 g/mol. The van der Waals surface area contributed by atoms with Gasteiger partial charge in [0.1, 0.15) is 0 Å². The number of carbonyl (C=O) groups excluding carboxylic acids is 1. The Morgan fingerprint density at radius 3 is 2.92 bits per heavy atom. The molecule has 0 aromatic rings. The Labute approximate surface area is 79.4 Å². The van der Waals surface area contributed by atoms with E-state index in [-0.39, 0.29) is 12.0 Å². The van der Waals surface area contributed by atoms with Crippen molar-refractivity contribution in [1.82, 2.24) is 9.80 Å². The van der Waals surface area contributed by atoms with Crippen LogP contribution < -0.4 is 0 Å². The van der Waals surface area contributed by atoms with Crippen molar-refractivity contribution in [3.05, 3.63) is 0 Å². The van der Waals surface area contributed by atoms with Crippen LogP contribution in [0.5, 0.6) is 0 Å². The van der Waals surface area contributed by atoms with Crippen LogP contribution in [0.4, 0.5) is 0 Å². The highest BCUT2D eigenvalue weighted by atomic mass is 16.5. The van der Waals surface area contributed by atoms with E-state index in [2.05, 4.69) is 11.9 Å². The lowest BCUT2D eigenvalue weighted by Crippen LogP contribution is -2.46. The first kappa shape index (κ1) is 10.5. The summed E-state index contributed by atoms with van der Waals surface area (Å²) in [6.45, 7) is 4.94. The number of rotatable bonds is 2. The largest absolute Gasteiger partial charge is 0.374 e. The normalized spacial score (nSPS) is 24.4. The zero-order chi connectivity index (χ0) is 9.84. The van der Waals surface area contributed by atoms with Crippen molar-refractivity contribution >= 4 is 5.91 Å². The average Bonchev–Trinajstić information content (AvgIpc) is 2.04. The van der Waals surface area contributed by atoms with Crippen LogP contribution in [0, 0.1) is 0 Å². The first-order valence-corrected chi connectivity index (χ1v) is 4.61. The Kier molecular flexibility index (Phi) is 3.69. The first-order valence-electron chi connectivity index (χ1n) is 4.61. The summed E-state index contributed by atoms with van der Waals surface area (Å²) in [6.07, 6.45) is 0.174. The van der Waals surface area contributed by atoms with Gasteiger partial charge in [0.2, 0.25) is 5.91 Å². The fourth-order valence-corrected chi connectivity index (χ4v) is 1.41. The van der Waals surface area contributed by atoms with Crippen LogP contribution in [0.15, 0.2) is 0 Å². The Hall–Kier alpha value is -0.610. The van der Waals surface area contributed by atoms with Gasteiger partial charge in [-0.25, -0.2) is 0 Å². The topological polar surface area (TPSA) is 32.8 Å². The van der Waals surface area contributed by atoms with Crippen LogP contribution in [0.2, 0.25) is 0 Å². The summed E-state index contributed by atoms with van der Waals surface area (Å²) < 4.78 is 5.53. The molecule has 4 heteroatoms. The second kappa shape index (κ2) is 4.58. The molecule has 1 heterocycles. The number of nitrogens with zero attached hydrogens (tertiary/aromatic N) is 2. The van der Waals surface area contributed by atoms with E-state index in [1.54, 1.807) is 18.9 Å². The number of carbonyl (C=O) groups is 1. The highest BCUT2D eigenvalue weighted by molar-refractivity contribution is 5.72. The number of ether oxygens (including phenoxy) is 1. The molecule has 1 rings (SSSR count). The Balaban J connectivity index is 2.31. The molecule has 0 aromatic heterocycles. The van der Waals surface area contributed by atoms with E-state index in [0.29, 0.717) is 6.54 Å². The third kappa shape index (κ3) is 3.32. The second-order valence-corrected chi connectivity index (χ2v) is 3.65. The summed E-state index contributed by atoms with van der Waals surface area (Å²) in [6, 6.07) is 0. The summed E-state index contributed by atoms with van der Waals surface area (Å²) >= 11 is 0. The van der Waals surface area contributed by atoms with Gasteiger partial charge < -0.3 is 14.5 Å². The van der Waals surface area contributed by atoms with Crippen molar-refractivity contribution < 1.29 is 9.53 Å². The predicted molar refractivity (Wildman–Crippen MR) is 50.5 cm³/mol. The van der Waals surface area contributed by atoms with E-state index in [0.717, 1.165) is 19.7 Å². The SMILES string of the molecule is CC(=O)N(C)CC1CN(C)CCO1. The molecule has 0 N–H and O–H groups in total. The smallest absolute Gasteiger partial charge is 0.219 e.